The van der Waals surface area contributed by atoms with Gasteiger partial charge in [0.25, 0.3) is 0 Å². The molecule has 0 aliphatic carbocycles. The minimum atomic E-state index is -5.28. The van der Waals surface area contributed by atoms with Crippen molar-refractivity contribution in [3.8, 4) is 0 Å². The molecule has 2 aromatic carbocycles. The average Bonchev–Trinajstić information content (AvgIpc) is 3.23. The Morgan fingerprint density at radius 3 is 2.10 bits per heavy atom. The first kappa shape index (κ1) is 30.5. The van der Waals surface area contributed by atoms with Gasteiger partial charge in [-0.3, -0.25) is 9.59 Å². The van der Waals surface area contributed by atoms with E-state index in [1.165, 1.54) is 24.4 Å². The van der Waals surface area contributed by atoms with Crippen molar-refractivity contribution < 1.29 is 45.5 Å². The fourth-order valence-electron chi connectivity index (χ4n) is 3.88. The number of aromatic nitrogens is 1. The molecule has 0 aliphatic rings. The molecule has 0 spiro atoms. The Labute approximate surface area is 225 Å². The van der Waals surface area contributed by atoms with Gasteiger partial charge in [0.1, 0.15) is 17.7 Å². The van der Waals surface area contributed by atoms with Crippen LogP contribution in [0.4, 0.5) is 26.3 Å². The highest BCUT2D eigenvalue weighted by atomic mass is 19.4. The van der Waals surface area contributed by atoms with Gasteiger partial charge in [-0.1, -0.05) is 30.3 Å². The molecule has 0 bridgehead atoms. The lowest BCUT2D eigenvalue weighted by molar-refractivity contribution is -0.174. The summed E-state index contributed by atoms with van der Waals surface area (Å²) < 4.78 is 84.3. The second kappa shape index (κ2) is 11.6. The Morgan fingerprint density at radius 2 is 1.52 bits per heavy atom. The number of carbonyl (C=O) groups is 3. The number of aromatic amines is 1. The summed E-state index contributed by atoms with van der Waals surface area (Å²) in [5, 5.41) is 4.11. The molecule has 40 heavy (non-hydrogen) atoms. The van der Waals surface area contributed by atoms with E-state index in [1.807, 2.05) is 0 Å². The van der Waals surface area contributed by atoms with E-state index in [-0.39, 0.29) is 23.8 Å². The number of hydrogen-bond donors (Lipinski definition) is 3. The lowest BCUT2D eigenvalue weighted by Crippen LogP contribution is -2.55. The standard InChI is InChI=1S/C27H27F6N3O4/c1-25(2,3)40-23(38)21(12-16-14-34-19-10-9-17(13-18(16)19)26(28,29)30)35-22(37)20(36-24(39)27(31,32)33)11-15-7-5-4-6-8-15/h4-10,13-14,20-21,34H,11-12H2,1-3H3,(H,35,37)(H,36,39)/t20-,21?/m0/s1. The normalized spacial score (nSPS) is 13.9. The number of H-pyrrole nitrogens is 1. The summed E-state index contributed by atoms with van der Waals surface area (Å²) >= 11 is 0. The largest absolute Gasteiger partial charge is 0.471 e. The summed E-state index contributed by atoms with van der Waals surface area (Å²) in [5.74, 6) is -4.44. The molecule has 13 heteroatoms. The number of halogens is 6. The molecule has 2 amide bonds. The number of rotatable bonds is 8. The number of alkyl halides is 6. The minimum absolute atomic E-state index is 0.129. The van der Waals surface area contributed by atoms with Crippen molar-refractivity contribution in [1.82, 2.24) is 15.6 Å². The smallest absolute Gasteiger partial charge is 0.458 e. The van der Waals surface area contributed by atoms with Crippen molar-refractivity contribution in [3.63, 3.8) is 0 Å². The quantitative estimate of drug-likeness (QED) is 0.266. The highest BCUT2D eigenvalue weighted by Gasteiger charge is 2.41. The van der Waals surface area contributed by atoms with Gasteiger partial charge in [-0.2, -0.15) is 26.3 Å². The number of benzene rings is 2. The van der Waals surface area contributed by atoms with Gasteiger partial charge in [0.05, 0.1) is 5.56 Å². The molecule has 3 aromatic rings. The molecule has 0 fully saturated rings. The monoisotopic (exact) mass is 571 g/mol. The molecule has 3 N–H and O–H groups in total. The lowest BCUT2D eigenvalue weighted by atomic mass is 10.0. The maximum Gasteiger partial charge on any atom is 0.471 e. The van der Waals surface area contributed by atoms with E-state index < -0.39 is 53.4 Å². The highest BCUT2D eigenvalue weighted by molar-refractivity contribution is 5.93. The van der Waals surface area contributed by atoms with E-state index in [0.29, 0.717) is 11.1 Å². The SMILES string of the molecule is CC(C)(C)OC(=O)C(Cc1c[nH]c2ccc(C(F)(F)F)cc12)NC(=O)[C@H](Cc1ccccc1)NC(=O)C(F)(F)F. The van der Waals surface area contributed by atoms with Crippen molar-refractivity contribution in [2.45, 2.75) is 63.7 Å². The Morgan fingerprint density at radius 1 is 0.875 bits per heavy atom. The Kier molecular flexibility index (Phi) is 8.85. The van der Waals surface area contributed by atoms with Crippen LogP contribution in [0.25, 0.3) is 10.9 Å². The van der Waals surface area contributed by atoms with Gasteiger partial charge in [0, 0.05) is 29.9 Å². The van der Waals surface area contributed by atoms with Crippen molar-refractivity contribution in [2.75, 3.05) is 0 Å². The molecule has 0 saturated carbocycles. The zero-order valence-corrected chi connectivity index (χ0v) is 21.7. The van der Waals surface area contributed by atoms with Crippen LogP contribution < -0.4 is 10.6 Å². The van der Waals surface area contributed by atoms with Crippen LogP contribution in [-0.4, -0.2) is 46.6 Å². The summed E-state index contributed by atoms with van der Waals surface area (Å²) in [6.45, 7) is 4.65. The first-order valence-corrected chi connectivity index (χ1v) is 12.1. The lowest BCUT2D eigenvalue weighted by Gasteiger charge is -2.26. The van der Waals surface area contributed by atoms with Gasteiger partial charge in [-0.05, 0) is 50.1 Å². The number of hydrogen-bond acceptors (Lipinski definition) is 4. The molecule has 0 saturated heterocycles. The van der Waals surface area contributed by atoms with Gasteiger partial charge < -0.3 is 20.4 Å². The van der Waals surface area contributed by atoms with Crippen molar-refractivity contribution >= 4 is 28.7 Å². The number of carbonyl (C=O) groups excluding carboxylic acids is 3. The zero-order valence-electron chi connectivity index (χ0n) is 21.7. The van der Waals surface area contributed by atoms with Crippen molar-refractivity contribution in [2.24, 2.45) is 0 Å². The summed E-state index contributed by atoms with van der Waals surface area (Å²) in [4.78, 5) is 40.7. The van der Waals surface area contributed by atoms with E-state index in [2.05, 4.69) is 10.3 Å². The molecular weight excluding hydrogens is 544 g/mol. The van der Waals surface area contributed by atoms with Gasteiger partial charge in [-0.15, -0.1) is 0 Å². The van der Waals surface area contributed by atoms with E-state index in [4.69, 9.17) is 4.74 Å². The van der Waals surface area contributed by atoms with E-state index in [1.54, 1.807) is 44.3 Å². The maximum atomic E-state index is 13.3. The van der Waals surface area contributed by atoms with Gasteiger partial charge in [-0.25, -0.2) is 4.79 Å². The fourth-order valence-corrected chi connectivity index (χ4v) is 3.88. The van der Waals surface area contributed by atoms with Crippen LogP contribution in [0.15, 0.2) is 54.7 Å². The first-order chi connectivity index (χ1) is 18.4. The van der Waals surface area contributed by atoms with E-state index in [0.717, 1.165) is 12.1 Å². The van der Waals surface area contributed by atoms with Crippen LogP contribution >= 0.6 is 0 Å². The molecule has 3 rings (SSSR count). The Hall–Kier alpha value is -4.03. The van der Waals surface area contributed by atoms with Gasteiger partial charge in [0.2, 0.25) is 5.91 Å². The topological polar surface area (TPSA) is 100 Å². The molecule has 7 nitrogen and oxygen atoms in total. The molecule has 0 radical (unpaired) electrons. The first-order valence-electron chi connectivity index (χ1n) is 12.1. The number of nitrogens with one attached hydrogen (secondary N) is 3. The summed E-state index contributed by atoms with van der Waals surface area (Å²) in [6.07, 6.45) is -9.24. The molecule has 1 aromatic heterocycles. The van der Waals surface area contributed by atoms with E-state index >= 15 is 0 Å². The van der Waals surface area contributed by atoms with Crippen LogP contribution in [0, 0.1) is 0 Å². The second-order valence-corrected chi connectivity index (χ2v) is 10.1. The third-order valence-electron chi connectivity index (χ3n) is 5.69. The Balaban J connectivity index is 1.94. The highest BCUT2D eigenvalue weighted by Crippen LogP contribution is 2.32. The summed E-state index contributed by atoms with van der Waals surface area (Å²) in [5.41, 5.74) is -0.989. The third-order valence-corrected chi connectivity index (χ3v) is 5.69. The maximum absolute atomic E-state index is 13.3. The predicted octanol–water partition coefficient (Wildman–Crippen LogP) is 4.85. The molecule has 0 aliphatic heterocycles. The second-order valence-electron chi connectivity index (χ2n) is 10.1. The van der Waals surface area contributed by atoms with Crippen molar-refractivity contribution in [1.29, 1.82) is 0 Å². The van der Waals surface area contributed by atoms with Crippen LogP contribution in [0.1, 0.15) is 37.5 Å². The van der Waals surface area contributed by atoms with Gasteiger partial charge in [0.15, 0.2) is 0 Å². The summed E-state index contributed by atoms with van der Waals surface area (Å²) in [6, 6.07) is 7.64. The number of ether oxygens (including phenoxy) is 1. The van der Waals surface area contributed by atoms with Crippen LogP contribution in [0.2, 0.25) is 0 Å². The third kappa shape index (κ3) is 8.23. The Bertz CT molecular complexity index is 1360. The van der Waals surface area contributed by atoms with E-state index in [9.17, 15) is 40.7 Å². The predicted molar refractivity (Wildman–Crippen MR) is 133 cm³/mol. The average molecular weight is 572 g/mol. The number of fused-ring (bicyclic) bond motifs is 1. The van der Waals surface area contributed by atoms with Crippen LogP contribution in [0.3, 0.4) is 0 Å². The van der Waals surface area contributed by atoms with Crippen LogP contribution in [-0.2, 0) is 38.1 Å². The van der Waals surface area contributed by atoms with Gasteiger partial charge >= 0.3 is 24.2 Å². The molecule has 1 unspecified atom stereocenters. The zero-order chi connectivity index (χ0) is 29.9. The fraction of sp³-hybridized carbons (Fsp3) is 0.370. The molecule has 1 heterocycles. The molecular formula is C27H27F6N3O4. The minimum Gasteiger partial charge on any atom is -0.458 e. The van der Waals surface area contributed by atoms with Crippen molar-refractivity contribution in [3.05, 3.63) is 71.4 Å². The van der Waals surface area contributed by atoms with Crippen LogP contribution in [0.5, 0.6) is 0 Å². The molecule has 2 atom stereocenters. The number of amides is 2. The number of esters is 1. The molecule has 216 valence electrons. The summed E-state index contributed by atoms with van der Waals surface area (Å²) in [7, 11) is 0.